The molecule has 0 amide bonds. The van der Waals surface area contributed by atoms with Crippen molar-refractivity contribution in [2.45, 2.75) is 5.92 Å². The van der Waals surface area contributed by atoms with Gasteiger partial charge in [-0.3, -0.25) is 0 Å². The first-order chi connectivity index (χ1) is 7.90. The summed E-state index contributed by atoms with van der Waals surface area (Å²) in [5, 5.41) is 10.3. The smallest absolute Gasteiger partial charge is 0.102 e. The number of nitrogens with zero attached hydrogens (tertiary/aromatic N) is 1. The molecule has 76 valence electrons. The zero-order chi connectivity index (χ0) is 11.0. The highest BCUT2D eigenvalue weighted by atomic mass is 14.7. The number of para-hydroxylation sites is 1. The van der Waals surface area contributed by atoms with Crippen molar-refractivity contribution in [1.82, 2.24) is 4.98 Å². The van der Waals surface area contributed by atoms with E-state index in [9.17, 15) is 5.26 Å². The molecular formula is C14H10N2. The Morgan fingerprint density at radius 2 is 1.88 bits per heavy atom. The number of aromatic nitrogens is 1. The lowest BCUT2D eigenvalue weighted by Gasteiger charge is -2.02. The number of hydrogen-bond acceptors (Lipinski definition) is 1. The summed E-state index contributed by atoms with van der Waals surface area (Å²) in [6.45, 7) is 0. The molecule has 1 N–H and O–H groups in total. The van der Waals surface area contributed by atoms with Crippen LogP contribution >= 0.6 is 0 Å². The summed E-state index contributed by atoms with van der Waals surface area (Å²) in [6, 6.07) is 10.2. The molecule has 0 bridgehead atoms. The van der Waals surface area contributed by atoms with Crippen LogP contribution in [-0.2, 0) is 0 Å². The van der Waals surface area contributed by atoms with Crippen LogP contribution in [0.3, 0.4) is 0 Å². The molecule has 2 aromatic rings. The lowest BCUT2D eigenvalue weighted by molar-refractivity contribution is 1.03. The van der Waals surface area contributed by atoms with Crippen molar-refractivity contribution in [2.75, 3.05) is 0 Å². The number of nitrogens with one attached hydrogen (secondary N) is 1. The number of nitriles is 1. The molecule has 0 saturated carbocycles. The highest BCUT2D eigenvalue weighted by molar-refractivity contribution is 5.87. The lowest BCUT2D eigenvalue weighted by Crippen LogP contribution is -1.92. The van der Waals surface area contributed by atoms with Gasteiger partial charge in [-0.2, -0.15) is 5.26 Å². The normalized spacial score (nSPS) is 14.7. The molecule has 0 radical (unpaired) electrons. The second kappa shape index (κ2) is 3.39. The van der Waals surface area contributed by atoms with E-state index in [2.05, 4.69) is 23.2 Å². The third-order valence-electron chi connectivity index (χ3n) is 2.93. The highest BCUT2D eigenvalue weighted by Gasteiger charge is 2.16. The van der Waals surface area contributed by atoms with Gasteiger partial charge in [0.05, 0.1) is 5.56 Å². The van der Waals surface area contributed by atoms with Crippen molar-refractivity contribution < 1.29 is 0 Å². The number of aromatic amines is 1. The minimum absolute atomic E-state index is 0.210. The van der Waals surface area contributed by atoms with Gasteiger partial charge in [0, 0.05) is 22.5 Å². The van der Waals surface area contributed by atoms with Crippen LogP contribution in [0.2, 0.25) is 0 Å². The fourth-order valence-electron chi connectivity index (χ4n) is 2.16. The van der Waals surface area contributed by atoms with Crippen molar-refractivity contribution in [1.29, 1.82) is 5.26 Å². The molecule has 0 spiro atoms. The fraction of sp³-hybridized carbons (Fsp3) is 0.0714. The summed E-state index contributed by atoms with van der Waals surface area (Å²) in [4.78, 5) is 3.33. The molecular weight excluding hydrogens is 196 g/mol. The maximum absolute atomic E-state index is 9.25. The number of allylic oxidation sites excluding steroid dienone is 4. The van der Waals surface area contributed by atoms with Crippen LogP contribution in [0.15, 0.2) is 48.6 Å². The third-order valence-corrected chi connectivity index (χ3v) is 2.93. The van der Waals surface area contributed by atoms with Crippen LogP contribution in [0.25, 0.3) is 10.9 Å². The first-order valence-electron chi connectivity index (χ1n) is 5.26. The second-order valence-corrected chi connectivity index (χ2v) is 3.87. The zero-order valence-electron chi connectivity index (χ0n) is 8.64. The molecule has 0 unspecified atom stereocenters. The van der Waals surface area contributed by atoms with Crippen molar-refractivity contribution in [3.63, 3.8) is 0 Å². The van der Waals surface area contributed by atoms with Gasteiger partial charge in [0.15, 0.2) is 0 Å². The Morgan fingerprint density at radius 1 is 1.12 bits per heavy atom. The van der Waals surface area contributed by atoms with Crippen LogP contribution in [0.4, 0.5) is 0 Å². The number of H-pyrrole nitrogens is 1. The van der Waals surface area contributed by atoms with Crippen molar-refractivity contribution in [3.8, 4) is 6.07 Å². The molecule has 0 aliphatic heterocycles. The van der Waals surface area contributed by atoms with Gasteiger partial charge in [0.2, 0.25) is 0 Å². The van der Waals surface area contributed by atoms with Crippen molar-refractivity contribution in [3.05, 3.63) is 59.8 Å². The van der Waals surface area contributed by atoms with E-state index in [1.165, 1.54) is 0 Å². The van der Waals surface area contributed by atoms with Crippen LogP contribution < -0.4 is 0 Å². The zero-order valence-corrected chi connectivity index (χ0v) is 8.64. The van der Waals surface area contributed by atoms with Gasteiger partial charge in [-0.05, 0) is 6.07 Å². The lowest BCUT2D eigenvalue weighted by atomic mass is 10.0. The Kier molecular flexibility index (Phi) is 1.91. The van der Waals surface area contributed by atoms with Crippen LogP contribution in [0.5, 0.6) is 0 Å². The van der Waals surface area contributed by atoms with E-state index in [-0.39, 0.29) is 5.92 Å². The van der Waals surface area contributed by atoms with E-state index in [0.717, 1.165) is 22.2 Å². The van der Waals surface area contributed by atoms with Crippen LogP contribution in [-0.4, -0.2) is 4.98 Å². The summed E-state index contributed by atoms with van der Waals surface area (Å²) in [5.74, 6) is 0.210. The van der Waals surface area contributed by atoms with E-state index in [4.69, 9.17) is 0 Å². The summed E-state index contributed by atoms with van der Waals surface area (Å²) in [7, 11) is 0. The average Bonchev–Trinajstić information content (AvgIpc) is 2.95. The molecule has 0 atom stereocenters. The van der Waals surface area contributed by atoms with Gasteiger partial charge in [0.25, 0.3) is 0 Å². The molecule has 1 aromatic carbocycles. The third kappa shape index (κ3) is 1.19. The molecule has 3 rings (SSSR count). The Morgan fingerprint density at radius 3 is 2.62 bits per heavy atom. The van der Waals surface area contributed by atoms with Gasteiger partial charge in [0.1, 0.15) is 6.07 Å². The molecule has 0 fully saturated rings. The fourth-order valence-corrected chi connectivity index (χ4v) is 2.16. The molecule has 2 nitrogen and oxygen atoms in total. The van der Waals surface area contributed by atoms with Gasteiger partial charge >= 0.3 is 0 Å². The molecule has 2 heteroatoms. The largest absolute Gasteiger partial charge is 0.357 e. The van der Waals surface area contributed by atoms with Gasteiger partial charge in [-0.15, -0.1) is 0 Å². The predicted octanol–water partition coefficient (Wildman–Crippen LogP) is 3.25. The standard InChI is InChI=1S/C14H10N2/c15-9-12-11-7-3-4-8-13(11)16-14(12)10-5-1-2-6-10/h1-8,10,16H. The molecule has 1 aromatic heterocycles. The predicted molar refractivity (Wildman–Crippen MR) is 64.0 cm³/mol. The maximum atomic E-state index is 9.25. The SMILES string of the molecule is N#Cc1c(C2C=CC=C2)[nH]c2ccccc12. The van der Waals surface area contributed by atoms with Gasteiger partial charge in [-0.25, -0.2) is 0 Å². The number of hydrogen-bond donors (Lipinski definition) is 1. The molecule has 1 heterocycles. The first kappa shape index (κ1) is 8.99. The summed E-state index contributed by atoms with van der Waals surface area (Å²) in [6.07, 6.45) is 8.20. The molecule has 1 aliphatic carbocycles. The highest BCUT2D eigenvalue weighted by Crippen LogP contribution is 2.30. The topological polar surface area (TPSA) is 39.6 Å². The summed E-state index contributed by atoms with van der Waals surface area (Å²) >= 11 is 0. The van der Waals surface area contributed by atoms with Crippen molar-refractivity contribution in [2.24, 2.45) is 0 Å². The monoisotopic (exact) mass is 206 g/mol. The van der Waals surface area contributed by atoms with Gasteiger partial charge in [-0.1, -0.05) is 42.5 Å². The summed E-state index contributed by atoms with van der Waals surface area (Å²) in [5.41, 5.74) is 2.79. The Labute approximate surface area is 93.5 Å². The molecule has 16 heavy (non-hydrogen) atoms. The van der Waals surface area contributed by atoms with E-state index in [0.29, 0.717) is 0 Å². The number of rotatable bonds is 1. The average molecular weight is 206 g/mol. The minimum Gasteiger partial charge on any atom is -0.357 e. The van der Waals surface area contributed by atoms with Crippen LogP contribution in [0, 0.1) is 11.3 Å². The number of benzene rings is 1. The van der Waals surface area contributed by atoms with E-state index in [1.54, 1.807) is 0 Å². The maximum Gasteiger partial charge on any atom is 0.102 e. The first-order valence-corrected chi connectivity index (χ1v) is 5.26. The van der Waals surface area contributed by atoms with Crippen LogP contribution in [0.1, 0.15) is 17.2 Å². The minimum atomic E-state index is 0.210. The van der Waals surface area contributed by atoms with Gasteiger partial charge < -0.3 is 4.98 Å². The molecule has 1 aliphatic rings. The summed E-state index contributed by atoms with van der Waals surface area (Å²) < 4.78 is 0. The second-order valence-electron chi connectivity index (χ2n) is 3.87. The van der Waals surface area contributed by atoms with E-state index in [1.807, 2.05) is 36.4 Å². The van der Waals surface area contributed by atoms with Crippen molar-refractivity contribution >= 4 is 10.9 Å². The number of fused-ring (bicyclic) bond motifs is 1. The Bertz CT molecular complexity index is 626. The Balaban J connectivity index is 2.29. The Hall–Kier alpha value is -2.27. The van der Waals surface area contributed by atoms with E-state index < -0.39 is 0 Å². The molecule has 0 saturated heterocycles. The van der Waals surface area contributed by atoms with E-state index >= 15 is 0 Å². The quantitative estimate of drug-likeness (QED) is 0.764.